The Bertz CT molecular complexity index is 435. The number of nitrogens with zero attached hydrogens (tertiary/aromatic N) is 1. The third kappa shape index (κ3) is 3.52. The van der Waals surface area contributed by atoms with E-state index in [4.69, 9.17) is 14.2 Å². The maximum Gasteiger partial charge on any atom is 0.231 e. The predicted octanol–water partition coefficient (Wildman–Crippen LogP) is 1.46. The van der Waals surface area contributed by atoms with Crippen molar-refractivity contribution in [1.82, 2.24) is 10.2 Å². The summed E-state index contributed by atoms with van der Waals surface area (Å²) in [4.78, 5) is 2.16. The molecule has 0 spiro atoms. The number of rotatable bonds is 6. The number of likely N-dealkylation sites (N-methyl/N-ethyl adjacent to an activating group) is 1. The lowest BCUT2D eigenvalue weighted by atomic mass is 10.1. The van der Waals surface area contributed by atoms with E-state index in [0.29, 0.717) is 11.8 Å². The number of methoxy groups -OCH3 is 1. The summed E-state index contributed by atoms with van der Waals surface area (Å²) in [5.74, 6) is 2.19. The second-order valence-corrected chi connectivity index (χ2v) is 5.08. The standard InChI is InChI=1S/C14H22N2O3/c1-10(8-16(2)3)15-7-11-5-12(17-4)14-13(6-11)18-9-19-14/h5-6,10,15H,7-9H2,1-4H3. The lowest BCUT2D eigenvalue weighted by Gasteiger charge is -2.18. The SMILES string of the molecule is COc1cc(CNC(C)CN(C)C)cc2c1OCO2. The van der Waals surface area contributed by atoms with Crippen LogP contribution in [0.2, 0.25) is 0 Å². The normalized spacial score (nSPS) is 14.8. The van der Waals surface area contributed by atoms with Crippen molar-refractivity contribution >= 4 is 0 Å². The molecular weight excluding hydrogens is 244 g/mol. The molecule has 1 aromatic carbocycles. The summed E-state index contributed by atoms with van der Waals surface area (Å²) in [5, 5.41) is 3.48. The summed E-state index contributed by atoms with van der Waals surface area (Å²) in [7, 11) is 5.78. The maximum atomic E-state index is 5.41. The molecule has 1 aliphatic rings. The van der Waals surface area contributed by atoms with Gasteiger partial charge in [0, 0.05) is 19.1 Å². The third-order valence-electron chi connectivity index (χ3n) is 3.01. The molecule has 0 aliphatic carbocycles. The summed E-state index contributed by atoms with van der Waals surface area (Å²) in [6, 6.07) is 4.41. The van der Waals surface area contributed by atoms with Crippen molar-refractivity contribution in [3.8, 4) is 17.2 Å². The highest BCUT2D eigenvalue weighted by Crippen LogP contribution is 2.41. The summed E-state index contributed by atoms with van der Waals surface area (Å²) in [6.45, 7) is 4.22. The third-order valence-corrected chi connectivity index (χ3v) is 3.01. The smallest absolute Gasteiger partial charge is 0.231 e. The van der Waals surface area contributed by atoms with Gasteiger partial charge in [-0.15, -0.1) is 0 Å². The fourth-order valence-electron chi connectivity index (χ4n) is 2.19. The van der Waals surface area contributed by atoms with Gasteiger partial charge < -0.3 is 24.4 Å². The zero-order valence-electron chi connectivity index (χ0n) is 12.0. The first-order valence-corrected chi connectivity index (χ1v) is 6.44. The molecule has 0 radical (unpaired) electrons. The molecule has 0 aromatic heterocycles. The van der Waals surface area contributed by atoms with Crippen molar-refractivity contribution < 1.29 is 14.2 Å². The van der Waals surface area contributed by atoms with Crippen molar-refractivity contribution in [3.05, 3.63) is 17.7 Å². The van der Waals surface area contributed by atoms with Crippen LogP contribution in [0.4, 0.5) is 0 Å². The Morgan fingerprint density at radius 3 is 2.84 bits per heavy atom. The van der Waals surface area contributed by atoms with Crippen molar-refractivity contribution in [2.75, 3.05) is 34.5 Å². The van der Waals surface area contributed by atoms with Crippen LogP contribution in [0.25, 0.3) is 0 Å². The van der Waals surface area contributed by atoms with Gasteiger partial charge in [0.15, 0.2) is 11.5 Å². The minimum Gasteiger partial charge on any atom is -0.493 e. The van der Waals surface area contributed by atoms with Gasteiger partial charge in [0.05, 0.1) is 7.11 Å². The molecule has 1 aliphatic heterocycles. The van der Waals surface area contributed by atoms with E-state index in [2.05, 4.69) is 31.2 Å². The van der Waals surface area contributed by atoms with E-state index >= 15 is 0 Å². The Morgan fingerprint density at radius 1 is 1.37 bits per heavy atom. The molecule has 19 heavy (non-hydrogen) atoms. The number of hydrogen-bond donors (Lipinski definition) is 1. The second-order valence-electron chi connectivity index (χ2n) is 5.08. The van der Waals surface area contributed by atoms with E-state index < -0.39 is 0 Å². The van der Waals surface area contributed by atoms with Gasteiger partial charge in [-0.25, -0.2) is 0 Å². The Hall–Kier alpha value is -1.46. The van der Waals surface area contributed by atoms with E-state index in [0.717, 1.165) is 30.2 Å². The van der Waals surface area contributed by atoms with Gasteiger partial charge in [-0.3, -0.25) is 0 Å². The highest BCUT2D eigenvalue weighted by molar-refractivity contribution is 5.55. The Labute approximate surface area is 114 Å². The van der Waals surface area contributed by atoms with Crippen LogP contribution in [0.15, 0.2) is 12.1 Å². The molecule has 1 unspecified atom stereocenters. The molecule has 0 fully saturated rings. The van der Waals surface area contributed by atoms with Crippen LogP contribution in [-0.2, 0) is 6.54 Å². The van der Waals surface area contributed by atoms with Crippen LogP contribution >= 0.6 is 0 Å². The van der Waals surface area contributed by atoms with Crippen molar-refractivity contribution in [1.29, 1.82) is 0 Å². The van der Waals surface area contributed by atoms with E-state index in [1.165, 1.54) is 0 Å². The van der Waals surface area contributed by atoms with Gasteiger partial charge in [0.25, 0.3) is 0 Å². The number of fused-ring (bicyclic) bond motifs is 1. The first-order chi connectivity index (χ1) is 9.10. The molecule has 1 aromatic rings. The molecule has 106 valence electrons. The summed E-state index contributed by atoms with van der Waals surface area (Å²) >= 11 is 0. The fraction of sp³-hybridized carbons (Fsp3) is 0.571. The largest absolute Gasteiger partial charge is 0.493 e. The monoisotopic (exact) mass is 266 g/mol. The molecule has 0 saturated carbocycles. The number of ether oxygens (including phenoxy) is 3. The van der Waals surface area contributed by atoms with Crippen LogP contribution in [-0.4, -0.2) is 45.5 Å². The molecular formula is C14H22N2O3. The first kappa shape index (κ1) is 14.0. The number of hydrogen-bond acceptors (Lipinski definition) is 5. The fourth-order valence-corrected chi connectivity index (χ4v) is 2.19. The quantitative estimate of drug-likeness (QED) is 0.844. The van der Waals surface area contributed by atoms with E-state index in [9.17, 15) is 0 Å². The molecule has 1 N–H and O–H groups in total. The highest BCUT2D eigenvalue weighted by Gasteiger charge is 2.20. The molecule has 1 atom stereocenters. The van der Waals surface area contributed by atoms with Crippen LogP contribution in [0.1, 0.15) is 12.5 Å². The topological polar surface area (TPSA) is 43.0 Å². The Balaban J connectivity index is 2.01. The van der Waals surface area contributed by atoms with E-state index in [1.807, 2.05) is 12.1 Å². The lowest BCUT2D eigenvalue weighted by molar-refractivity contribution is 0.171. The number of benzene rings is 1. The first-order valence-electron chi connectivity index (χ1n) is 6.44. The maximum absolute atomic E-state index is 5.41. The van der Waals surface area contributed by atoms with Crippen molar-refractivity contribution in [2.45, 2.75) is 19.5 Å². The van der Waals surface area contributed by atoms with Gasteiger partial charge in [-0.1, -0.05) is 0 Å². The van der Waals surface area contributed by atoms with Gasteiger partial charge in [0.1, 0.15) is 0 Å². The second kappa shape index (κ2) is 6.12. The van der Waals surface area contributed by atoms with E-state index in [-0.39, 0.29) is 6.79 Å². The van der Waals surface area contributed by atoms with Crippen LogP contribution in [0.3, 0.4) is 0 Å². The molecule has 5 heteroatoms. The summed E-state index contributed by atoms with van der Waals surface area (Å²) in [5.41, 5.74) is 1.13. The zero-order valence-corrected chi connectivity index (χ0v) is 12.0. The molecule has 1 heterocycles. The predicted molar refractivity (Wildman–Crippen MR) is 74.0 cm³/mol. The van der Waals surface area contributed by atoms with Crippen LogP contribution in [0.5, 0.6) is 17.2 Å². The molecule has 0 amide bonds. The van der Waals surface area contributed by atoms with Gasteiger partial charge >= 0.3 is 0 Å². The van der Waals surface area contributed by atoms with Crippen molar-refractivity contribution in [2.24, 2.45) is 0 Å². The average Bonchev–Trinajstić information content (AvgIpc) is 2.82. The van der Waals surface area contributed by atoms with Gasteiger partial charge in [-0.05, 0) is 38.7 Å². The lowest BCUT2D eigenvalue weighted by Crippen LogP contribution is -2.35. The minimum atomic E-state index is 0.263. The highest BCUT2D eigenvalue weighted by atomic mass is 16.7. The van der Waals surface area contributed by atoms with Crippen molar-refractivity contribution in [3.63, 3.8) is 0 Å². The minimum absolute atomic E-state index is 0.263. The Morgan fingerprint density at radius 2 is 2.16 bits per heavy atom. The van der Waals surface area contributed by atoms with Gasteiger partial charge in [-0.2, -0.15) is 0 Å². The molecule has 0 saturated heterocycles. The summed E-state index contributed by atoms with van der Waals surface area (Å²) < 4.78 is 16.1. The zero-order chi connectivity index (χ0) is 13.8. The number of nitrogens with one attached hydrogen (secondary N) is 1. The molecule has 0 bridgehead atoms. The molecule has 2 rings (SSSR count). The summed E-state index contributed by atoms with van der Waals surface area (Å²) in [6.07, 6.45) is 0. The average molecular weight is 266 g/mol. The van der Waals surface area contributed by atoms with Gasteiger partial charge in [0.2, 0.25) is 12.5 Å². The van der Waals surface area contributed by atoms with Crippen LogP contribution in [0, 0.1) is 0 Å². The van der Waals surface area contributed by atoms with E-state index in [1.54, 1.807) is 7.11 Å². The Kier molecular flexibility index (Phi) is 4.50. The molecule has 5 nitrogen and oxygen atoms in total. The van der Waals surface area contributed by atoms with Crippen LogP contribution < -0.4 is 19.5 Å².